The first kappa shape index (κ1) is 10.3. The topological polar surface area (TPSA) is 21.7 Å². The second-order valence-corrected chi connectivity index (χ2v) is 4.44. The molecule has 86 valence electrons. The van der Waals surface area contributed by atoms with E-state index in [-0.39, 0.29) is 0 Å². The van der Waals surface area contributed by atoms with Gasteiger partial charge in [-0.3, -0.25) is 4.90 Å². The molecule has 2 aliphatic heterocycles. The normalized spacial score (nSPS) is 21.0. The maximum atomic E-state index is 5.50. The van der Waals surface area contributed by atoms with Gasteiger partial charge in [0.05, 0.1) is 26.4 Å². The zero-order valence-electron chi connectivity index (χ0n) is 9.45. The molecule has 1 aromatic carbocycles. The maximum Gasteiger partial charge on any atom is 0.0728 e. The van der Waals surface area contributed by atoms with Crippen LogP contribution in [0.3, 0.4) is 0 Å². The highest BCUT2D eigenvalue weighted by atomic mass is 16.5. The first-order valence-corrected chi connectivity index (χ1v) is 5.91. The van der Waals surface area contributed by atoms with Crippen LogP contribution in [0.4, 0.5) is 0 Å². The SMILES string of the molecule is c1cc2c(c(CN3CCOCC3)c1)COC2. The van der Waals surface area contributed by atoms with Crippen molar-refractivity contribution in [3.63, 3.8) is 0 Å². The molecule has 3 nitrogen and oxygen atoms in total. The highest BCUT2D eigenvalue weighted by Crippen LogP contribution is 2.24. The van der Waals surface area contributed by atoms with Crippen molar-refractivity contribution in [2.75, 3.05) is 26.3 Å². The van der Waals surface area contributed by atoms with Gasteiger partial charge in [0, 0.05) is 19.6 Å². The smallest absolute Gasteiger partial charge is 0.0728 e. The number of hydrogen-bond donors (Lipinski definition) is 0. The van der Waals surface area contributed by atoms with E-state index in [1.807, 2.05) is 0 Å². The molecule has 3 rings (SSSR count). The maximum absolute atomic E-state index is 5.50. The van der Waals surface area contributed by atoms with E-state index in [1.54, 1.807) is 0 Å². The van der Waals surface area contributed by atoms with E-state index in [0.29, 0.717) is 0 Å². The van der Waals surface area contributed by atoms with Gasteiger partial charge < -0.3 is 9.47 Å². The van der Waals surface area contributed by atoms with Crippen molar-refractivity contribution in [1.29, 1.82) is 0 Å². The molecule has 0 N–H and O–H groups in total. The van der Waals surface area contributed by atoms with Gasteiger partial charge in [-0.2, -0.15) is 0 Å². The summed E-state index contributed by atoms with van der Waals surface area (Å²) in [6, 6.07) is 6.54. The van der Waals surface area contributed by atoms with Crippen molar-refractivity contribution in [3.05, 3.63) is 34.9 Å². The van der Waals surface area contributed by atoms with Crippen molar-refractivity contribution in [2.24, 2.45) is 0 Å². The lowest BCUT2D eigenvalue weighted by Gasteiger charge is -2.27. The number of benzene rings is 1. The van der Waals surface area contributed by atoms with E-state index in [0.717, 1.165) is 46.1 Å². The molecular weight excluding hydrogens is 202 g/mol. The highest BCUT2D eigenvalue weighted by Gasteiger charge is 2.17. The van der Waals surface area contributed by atoms with Gasteiger partial charge in [-0.25, -0.2) is 0 Å². The van der Waals surface area contributed by atoms with Crippen LogP contribution in [0.15, 0.2) is 18.2 Å². The van der Waals surface area contributed by atoms with Crippen LogP contribution in [0.1, 0.15) is 16.7 Å². The Morgan fingerprint density at radius 1 is 1.06 bits per heavy atom. The van der Waals surface area contributed by atoms with Crippen LogP contribution in [-0.4, -0.2) is 31.2 Å². The number of morpholine rings is 1. The van der Waals surface area contributed by atoms with Gasteiger partial charge in [0.25, 0.3) is 0 Å². The monoisotopic (exact) mass is 219 g/mol. The molecule has 2 heterocycles. The van der Waals surface area contributed by atoms with E-state index in [4.69, 9.17) is 9.47 Å². The summed E-state index contributed by atoms with van der Waals surface area (Å²) in [7, 11) is 0. The molecular formula is C13H17NO2. The minimum atomic E-state index is 0.784. The molecule has 0 bridgehead atoms. The molecule has 3 heteroatoms. The van der Waals surface area contributed by atoms with Gasteiger partial charge in [0.15, 0.2) is 0 Å². The third kappa shape index (κ3) is 1.98. The average Bonchev–Trinajstić information content (AvgIpc) is 2.80. The molecule has 0 amide bonds. The fourth-order valence-electron chi connectivity index (χ4n) is 2.42. The van der Waals surface area contributed by atoms with Crippen molar-refractivity contribution in [1.82, 2.24) is 4.90 Å². The van der Waals surface area contributed by atoms with Crippen LogP contribution in [0.5, 0.6) is 0 Å². The molecule has 1 fully saturated rings. The average molecular weight is 219 g/mol. The lowest BCUT2D eigenvalue weighted by molar-refractivity contribution is 0.0339. The summed E-state index contributed by atoms with van der Waals surface area (Å²) in [5, 5.41) is 0. The number of hydrogen-bond acceptors (Lipinski definition) is 3. The molecule has 0 atom stereocenters. The molecule has 0 aromatic heterocycles. The number of ether oxygens (including phenoxy) is 2. The van der Waals surface area contributed by atoms with Crippen LogP contribution in [0, 0.1) is 0 Å². The number of rotatable bonds is 2. The second kappa shape index (κ2) is 4.53. The largest absolute Gasteiger partial charge is 0.379 e. The van der Waals surface area contributed by atoms with E-state index in [1.165, 1.54) is 16.7 Å². The van der Waals surface area contributed by atoms with E-state index in [9.17, 15) is 0 Å². The molecule has 0 saturated carbocycles. The van der Waals surface area contributed by atoms with Crippen LogP contribution in [0.25, 0.3) is 0 Å². The van der Waals surface area contributed by atoms with Crippen molar-refractivity contribution < 1.29 is 9.47 Å². The van der Waals surface area contributed by atoms with Crippen molar-refractivity contribution in [2.45, 2.75) is 19.8 Å². The molecule has 0 radical (unpaired) electrons. The van der Waals surface area contributed by atoms with Crippen LogP contribution in [-0.2, 0) is 29.2 Å². The Labute approximate surface area is 96.0 Å². The van der Waals surface area contributed by atoms with Crippen molar-refractivity contribution in [3.8, 4) is 0 Å². The zero-order valence-corrected chi connectivity index (χ0v) is 9.45. The molecule has 16 heavy (non-hydrogen) atoms. The molecule has 2 aliphatic rings. The summed E-state index contributed by atoms with van der Waals surface area (Å²) >= 11 is 0. The molecule has 1 aromatic rings. The minimum Gasteiger partial charge on any atom is -0.379 e. The van der Waals surface area contributed by atoms with Crippen molar-refractivity contribution >= 4 is 0 Å². The summed E-state index contributed by atoms with van der Waals surface area (Å²) in [5.74, 6) is 0. The van der Waals surface area contributed by atoms with Gasteiger partial charge in [-0.1, -0.05) is 18.2 Å². The first-order chi connectivity index (χ1) is 7.93. The Balaban J connectivity index is 1.76. The van der Waals surface area contributed by atoms with Gasteiger partial charge in [-0.05, 0) is 16.7 Å². The van der Waals surface area contributed by atoms with Crippen LogP contribution < -0.4 is 0 Å². The standard InChI is InChI=1S/C13H17NO2/c1-2-11(8-14-4-6-15-7-5-14)13-10-16-9-12(13)3-1/h1-3H,4-10H2. The third-order valence-corrected chi connectivity index (χ3v) is 3.37. The fraction of sp³-hybridized carbons (Fsp3) is 0.538. The number of fused-ring (bicyclic) bond motifs is 1. The summed E-state index contributed by atoms with van der Waals surface area (Å²) in [4.78, 5) is 2.46. The van der Waals surface area contributed by atoms with Gasteiger partial charge in [-0.15, -0.1) is 0 Å². The zero-order chi connectivity index (χ0) is 10.8. The van der Waals surface area contributed by atoms with Gasteiger partial charge in [0.2, 0.25) is 0 Å². The van der Waals surface area contributed by atoms with E-state index < -0.39 is 0 Å². The summed E-state index contributed by atoms with van der Waals surface area (Å²) in [5.41, 5.74) is 4.21. The molecule has 0 spiro atoms. The minimum absolute atomic E-state index is 0.784. The van der Waals surface area contributed by atoms with E-state index >= 15 is 0 Å². The summed E-state index contributed by atoms with van der Waals surface area (Å²) in [6.45, 7) is 6.43. The predicted octanol–water partition coefficient (Wildman–Crippen LogP) is 1.55. The van der Waals surface area contributed by atoms with Gasteiger partial charge in [0.1, 0.15) is 0 Å². The third-order valence-electron chi connectivity index (χ3n) is 3.37. The highest BCUT2D eigenvalue weighted by molar-refractivity contribution is 5.36. The molecule has 1 saturated heterocycles. The summed E-state index contributed by atoms with van der Waals surface area (Å²) in [6.07, 6.45) is 0. The second-order valence-electron chi connectivity index (χ2n) is 4.44. The Bertz CT molecular complexity index is 372. The fourth-order valence-corrected chi connectivity index (χ4v) is 2.42. The Kier molecular flexibility index (Phi) is 2.91. The Hall–Kier alpha value is -0.900. The predicted molar refractivity (Wildman–Crippen MR) is 61.0 cm³/mol. The lowest BCUT2D eigenvalue weighted by Crippen LogP contribution is -2.35. The lowest BCUT2D eigenvalue weighted by atomic mass is 10.0. The van der Waals surface area contributed by atoms with Crippen LogP contribution >= 0.6 is 0 Å². The van der Waals surface area contributed by atoms with E-state index in [2.05, 4.69) is 23.1 Å². The van der Waals surface area contributed by atoms with Crippen LogP contribution in [0.2, 0.25) is 0 Å². The Morgan fingerprint density at radius 2 is 1.94 bits per heavy atom. The first-order valence-electron chi connectivity index (χ1n) is 5.91. The number of nitrogens with zero attached hydrogens (tertiary/aromatic N) is 1. The molecule has 0 aliphatic carbocycles. The molecule has 0 unspecified atom stereocenters. The Morgan fingerprint density at radius 3 is 2.81 bits per heavy atom. The summed E-state index contributed by atoms with van der Waals surface area (Å²) < 4.78 is 10.9. The van der Waals surface area contributed by atoms with Gasteiger partial charge >= 0.3 is 0 Å². The quantitative estimate of drug-likeness (QED) is 0.753.